The number of nitrogens with zero attached hydrogens (tertiary/aromatic N) is 2. The molecule has 0 radical (unpaired) electrons. The van der Waals surface area contributed by atoms with E-state index in [0.717, 1.165) is 0 Å². The minimum Gasteiger partial charge on any atom is -0.461 e. The van der Waals surface area contributed by atoms with Crippen LogP contribution in [0.15, 0.2) is 4.60 Å². The molecule has 0 spiro atoms. The van der Waals surface area contributed by atoms with Crippen LogP contribution in [0.5, 0.6) is 0 Å². The number of anilines is 1. The smallest absolute Gasteiger partial charge is 0.407 e. The van der Waals surface area contributed by atoms with Gasteiger partial charge in [-0.15, -0.1) is 0 Å². The molecular weight excluding hydrogens is 380 g/mol. The SMILES string of the molecule is CCOC(=O)c1nc(Br)c(C)nc1NCCNC(=O)OC(C)(C)C. The molecule has 9 heteroatoms. The molecule has 0 aromatic carbocycles. The summed E-state index contributed by atoms with van der Waals surface area (Å²) in [7, 11) is 0. The van der Waals surface area contributed by atoms with Crippen molar-refractivity contribution >= 4 is 33.8 Å². The van der Waals surface area contributed by atoms with E-state index in [1.807, 2.05) is 0 Å². The molecule has 24 heavy (non-hydrogen) atoms. The van der Waals surface area contributed by atoms with Crippen molar-refractivity contribution in [3.8, 4) is 0 Å². The predicted molar refractivity (Wildman–Crippen MR) is 93.2 cm³/mol. The minimum atomic E-state index is -0.562. The third-order valence-corrected chi connectivity index (χ3v) is 3.32. The molecule has 134 valence electrons. The summed E-state index contributed by atoms with van der Waals surface area (Å²) in [6.45, 7) is 9.73. The molecule has 0 saturated heterocycles. The van der Waals surface area contributed by atoms with E-state index < -0.39 is 17.7 Å². The number of carbonyl (C=O) groups is 2. The Balaban J connectivity index is 2.65. The number of nitrogens with one attached hydrogen (secondary N) is 2. The van der Waals surface area contributed by atoms with E-state index in [-0.39, 0.29) is 12.3 Å². The molecule has 1 amide bonds. The molecule has 1 aromatic heterocycles. The van der Waals surface area contributed by atoms with Crippen LogP contribution in [-0.4, -0.2) is 47.3 Å². The lowest BCUT2D eigenvalue weighted by Crippen LogP contribution is -2.35. The highest BCUT2D eigenvalue weighted by Crippen LogP contribution is 2.18. The van der Waals surface area contributed by atoms with Crippen LogP contribution in [0, 0.1) is 6.92 Å². The number of amides is 1. The van der Waals surface area contributed by atoms with Crippen molar-refractivity contribution in [3.63, 3.8) is 0 Å². The van der Waals surface area contributed by atoms with E-state index in [2.05, 4.69) is 36.5 Å². The largest absolute Gasteiger partial charge is 0.461 e. The quantitative estimate of drug-likeness (QED) is 0.556. The van der Waals surface area contributed by atoms with Crippen LogP contribution in [0.1, 0.15) is 43.9 Å². The summed E-state index contributed by atoms with van der Waals surface area (Å²) < 4.78 is 10.6. The van der Waals surface area contributed by atoms with Crippen LogP contribution in [0.3, 0.4) is 0 Å². The number of aryl methyl sites for hydroxylation is 1. The molecular formula is C15H23BrN4O4. The van der Waals surface area contributed by atoms with Gasteiger partial charge in [-0.1, -0.05) is 0 Å². The first kappa shape index (κ1) is 20.1. The van der Waals surface area contributed by atoms with Gasteiger partial charge in [-0.3, -0.25) is 0 Å². The maximum atomic E-state index is 12.0. The van der Waals surface area contributed by atoms with Crippen LogP contribution in [-0.2, 0) is 9.47 Å². The number of ether oxygens (including phenoxy) is 2. The molecule has 0 atom stereocenters. The summed E-state index contributed by atoms with van der Waals surface area (Å²) in [4.78, 5) is 32.0. The van der Waals surface area contributed by atoms with Gasteiger partial charge < -0.3 is 20.1 Å². The molecule has 0 saturated carbocycles. The van der Waals surface area contributed by atoms with Crippen molar-refractivity contribution < 1.29 is 19.1 Å². The highest BCUT2D eigenvalue weighted by molar-refractivity contribution is 9.10. The number of rotatable bonds is 6. The normalized spacial score (nSPS) is 10.9. The monoisotopic (exact) mass is 402 g/mol. The summed E-state index contributed by atoms with van der Waals surface area (Å²) >= 11 is 3.25. The Morgan fingerprint density at radius 3 is 2.46 bits per heavy atom. The zero-order chi connectivity index (χ0) is 18.3. The average molecular weight is 403 g/mol. The van der Waals surface area contributed by atoms with E-state index >= 15 is 0 Å². The molecule has 0 aliphatic rings. The second-order valence-electron chi connectivity index (χ2n) is 5.87. The lowest BCUT2D eigenvalue weighted by atomic mass is 10.2. The first-order valence-electron chi connectivity index (χ1n) is 7.56. The standard InChI is InChI=1S/C15H23BrN4O4/c1-6-23-13(21)10-12(19-9(2)11(16)20-10)17-7-8-18-14(22)24-15(3,4)5/h6-8H2,1-5H3,(H,17,19)(H,18,22). The summed E-state index contributed by atoms with van der Waals surface area (Å²) in [5, 5.41) is 5.59. The molecule has 1 rings (SSSR count). The van der Waals surface area contributed by atoms with Crippen molar-refractivity contribution in [3.05, 3.63) is 16.0 Å². The van der Waals surface area contributed by atoms with Gasteiger partial charge in [0, 0.05) is 13.1 Å². The molecule has 0 aliphatic carbocycles. The lowest BCUT2D eigenvalue weighted by Gasteiger charge is -2.19. The Morgan fingerprint density at radius 2 is 1.88 bits per heavy atom. The fraction of sp³-hybridized carbons (Fsp3) is 0.600. The van der Waals surface area contributed by atoms with Crippen LogP contribution >= 0.6 is 15.9 Å². The van der Waals surface area contributed by atoms with Crippen molar-refractivity contribution in [2.45, 2.75) is 40.2 Å². The van der Waals surface area contributed by atoms with Gasteiger partial charge in [0.15, 0.2) is 11.5 Å². The first-order valence-corrected chi connectivity index (χ1v) is 8.35. The van der Waals surface area contributed by atoms with E-state index in [1.54, 1.807) is 34.6 Å². The van der Waals surface area contributed by atoms with Crippen molar-refractivity contribution in [2.24, 2.45) is 0 Å². The minimum absolute atomic E-state index is 0.0894. The molecule has 0 aliphatic heterocycles. The van der Waals surface area contributed by atoms with Crippen molar-refractivity contribution in [1.29, 1.82) is 0 Å². The van der Waals surface area contributed by atoms with Crippen molar-refractivity contribution in [1.82, 2.24) is 15.3 Å². The highest BCUT2D eigenvalue weighted by atomic mass is 79.9. The summed E-state index contributed by atoms with van der Waals surface area (Å²) in [6.07, 6.45) is -0.506. The summed E-state index contributed by atoms with van der Waals surface area (Å²) in [5.41, 5.74) is 0.167. The number of hydrogen-bond acceptors (Lipinski definition) is 7. The number of halogens is 1. The van der Waals surface area contributed by atoms with Gasteiger partial charge >= 0.3 is 12.1 Å². The van der Waals surface area contributed by atoms with E-state index in [9.17, 15) is 9.59 Å². The Hall–Kier alpha value is -1.90. The Morgan fingerprint density at radius 1 is 1.21 bits per heavy atom. The molecule has 1 heterocycles. The van der Waals surface area contributed by atoms with E-state index in [1.165, 1.54) is 0 Å². The summed E-state index contributed by atoms with van der Waals surface area (Å²) in [5.74, 6) is -0.256. The average Bonchev–Trinajstić information content (AvgIpc) is 2.45. The maximum Gasteiger partial charge on any atom is 0.407 e. The zero-order valence-electron chi connectivity index (χ0n) is 14.5. The molecule has 2 N–H and O–H groups in total. The van der Waals surface area contributed by atoms with Gasteiger partial charge in [0.05, 0.1) is 12.3 Å². The molecule has 0 bridgehead atoms. The van der Waals surface area contributed by atoms with Crippen LogP contribution in [0.4, 0.5) is 10.6 Å². The van der Waals surface area contributed by atoms with Crippen LogP contribution in [0.2, 0.25) is 0 Å². The van der Waals surface area contributed by atoms with Gasteiger partial charge in [0.1, 0.15) is 10.2 Å². The van der Waals surface area contributed by atoms with Gasteiger partial charge in [-0.2, -0.15) is 0 Å². The number of alkyl carbamates (subject to hydrolysis) is 1. The van der Waals surface area contributed by atoms with Crippen molar-refractivity contribution in [2.75, 3.05) is 25.0 Å². The number of esters is 1. The molecule has 1 aromatic rings. The Kier molecular flexibility index (Phi) is 7.40. The number of carbonyl (C=O) groups excluding carboxylic acids is 2. The fourth-order valence-electron chi connectivity index (χ4n) is 1.62. The fourth-order valence-corrected chi connectivity index (χ4v) is 1.89. The van der Waals surface area contributed by atoms with Crippen LogP contribution < -0.4 is 10.6 Å². The maximum absolute atomic E-state index is 12.0. The van der Waals surface area contributed by atoms with Gasteiger partial charge in [-0.05, 0) is 50.5 Å². The lowest BCUT2D eigenvalue weighted by molar-refractivity contribution is 0.0512. The molecule has 0 unspecified atom stereocenters. The predicted octanol–water partition coefficient (Wildman–Crippen LogP) is 2.66. The first-order chi connectivity index (χ1) is 11.1. The Bertz CT molecular complexity index is 602. The Labute approximate surface area is 149 Å². The molecule has 0 fully saturated rings. The van der Waals surface area contributed by atoms with E-state index in [4.69, 9.17) is 9.47 Å². The topological polar surface area (TPSA) is 102 Å². The second kappa shape index (κ2) is 8.81. The third-order valence-electron chi connectivity index (χ3n) is 2.57. The zero-order valence-corrected chi connectivity index (χ0v) is 16.1. The number of hydrogen-bond donors (Lipinski definition) is 2. The highest BCUT2D eigenvalue weighted by Gasteiger charge is 2.19. The second-order valence-corrected chi connectivity index (χ2v) is 6.62. The third kappa shape index (κ3) is 6.69. The number of aromatic nitrogens is 2. The van der Waals surface area contributed by atoms with E-state index in [0.29, 0.717) is 29.2 Å². The summed E-state index contributed by atoms with van der Waals surface area (Å²) in [6, 6.07) is 0. The van der Waals surface area contributed by atoms with Gasteiger partial charge in [-0.25, -0.2) is 19.6 Å². The molecule has 8 nitrogen and oxygen atoms in total. The van der Waals surface area contributed by atoms with Gasteiger partial charge in [0.2, 0.25) is 0 Å². The van der Waals surface area contributed by atoms with Crippen LogP contribution in [0.25, 0.3) is 0 Å². The van der Waals surface area contributed by atoms with Gasteiger partial charge in [0.25, 0.3) is 0 Å².